The molecule has 0 heterocycles. The van der Waals surface area contributed by atoms with Crippen molar-refractivity contribution in [2.24, 2.45) is 10.2 Å². The van der Waals surface area contributed by atoms with Crippen molar-refractivity contribution in [1.82, 2.24) is 0 Å². The molecule has 0 saturated heterocycles. The lowest BCUT2D eigenvalue weighted by Gasteiger charge is -2.08. The van der Waals surface area contributed by atoms with Crippen molar-refractivity contribution in [1.29, 1.82) is 0 Å². The molecule has 0 aromatic rings. The maximum Gasteiger partial charge on any atom is 0.0732 e. The molecule has 0 aliphatic heterocycles. The second kappa shape index (κ2) is 3.59. The number of hydrogen-bond donors (Lipinski definition) is 0. The standard InChI is InChI=1S/C7H16N2/c1-5-6-8-9-7(2,3)4/h5-6H2,1-4H3. The fourth-order valence-electron chi connectivity index (χ4n) is 0.362. The van der Waals surface area contributed by atoms with Gasteiger partial charge in [-0.1, -0.05) is 6.92 Å². The molecule has 0 bridgehead atoms. The van der Waals surface area contributed by atoms with Crippen molar-refractivity contribution < 1.29 is 0 Å². The normalized spacial score (nSPS) is 12.9. The number of nitrogens with zero attached hydrogens (tertiary/aromatic N) is 2. The topological polar surface area (TPSA) is 24.7 Å². The van der Waals surface area contributed by atoms with Crippen LogP contribution in [0.15, 0.2) is 10.2 Å². The Hall–Kier alpha value is -0.400. The Balaban J connectivity index is 3.45. The summed E-state index contributed by atoms with van der Waals surface area (Å²) in [5.74, 6) is 0. The minimum Gasteiger partial charge on any atom is -0.194 e. The molecule has 0 amide bonds. The summed E-state index contributed by atoms with van der Waals surface area (Å²) in [4.78, 5) is 0. The van der Waals surface area contributed by atoms with Gasteiger partial charge in [0.25, 0.3) is 0 Å². The SMILES string of the molecule is CCCN=NC(C)(C)C. The fraction of sp³-hybridized carbons (Fsp3) is 1.00. The Kier molecular flexibility index (Phi) is 3.43. The summed E-state index contributed by atoms with van der Waals surface area (Å²) >= 11 is 0. The molecule has 0 fully saturated rings. The van der Waals surface area contributed by atoms with Gasteiger partial charge < -0.3 is 0 Å². The summed E-state index contributed by atoms with van der Waals surface area (Å²) in [6.07, 6.45) is 1.08. The fourth-order valence-corrected chi connectivity index (χ4v) is 0.362. The summed E-state index contributed by atoms with van der Waals surface area (Å²) in [6.45, 7) is 9.10. The van der Waals surface area contributed by atoms with Gasteiger partial charge in [-0.2, -0.15) is 10.2 Å². The molecule has 0 N–H and O–H groups in total. The maximum atomic E-state index is 4.07. The molecule has 0 aromatic carbocycles. The zero-order valence-electron chi connectivity index (χ0n) is 6.81. The maximum absolute atomic E-state index is 4.07. The van der Waals surface area contributed by atoms with E-state index in [0.717, 1.165) is 13.0 Å². The monoisotopic (exact) mass is 128 g/mol. The summed E-state index contributed by atoms with van der Waals surface area (Å²) in [5.41, 5.74) is 0.00910. The molecule has 0 unspecified atom stereocenters. The van der Waals surface area contributed by atoms with Crippen LogP contribution in [-0.2, 0) is 0 Å². The number of rotatable bonds is 2. The van der Waals surface area contributed by atoms with Crippen LogP contribution in [-0.4, -0.2) is 12.1 Å². The first-order valence-electron chi connectivity index (χ1n) is 3.45. The minimum absolute atomic E-state index is 0.00910. The van der Waals surface area contributed by atoms with E-state index in [1.807, 2.05) is 20.8 Å². The smallest absolute Gasteiger partial charge is 0.0732 e. The van der Waals surface area contributed by atoms with Crippen molar-refractivity contribution in [3.63, 3.8) is 0 Å². The zero-order valence-corrected chi connectivity index (χ0v) is 6.81. The van der Waals surface area contributed by atoms with Gasteiger partial charge >= 0.3 is 0 Å². The summed E-state index contributed by atoms with van der Waals surface area (Å²) < 4.78 is 0. The highest BCUT2D eigenvalue weighted by Gasteiger charge is 2.05. The van der Waals surface area contributed by atoms with Gasteiger partial charge in [0.05, 0.1) is 12.1 Å². The Morgan fingerprint density at radius 3 is 2.11 bits per heavy atom. The van der Waals surface area contributed by atoms with Gasteiger partial charge in [0.2, 0.25) is 0 Å². The Morgan fingerprint density at radius 2 is 1.78 bits per heavy atom. The molecular formula is C7H16N2. The molecule has 54 valence electrons. The van der Waals surface area contributed by atoms with E-state index >= 15 is 0 Å². The highest BCUT2D eigenvalue weighted by Crippen LogP contribution is 2.06. The largest absolute Gasteiger partial charge is 0.194 e. The third-order valence-electron chi connectivity index (χ3n) is 0.694. The number of hydrogen-bond acceptors (Lipinski definition) is 2. The van der Waals surface area contributed by atoms with E-state index in [4.69, 9.17) is 0 Å². The highest BCUT2D eigenvalue weighted by atomic mass is 15.1. The molecule has 0 aromatic heterocycles. The van der Waals surface area contributed by atoms with Crippen LogP contribution in [0.25, 0.3) is 0 Å². The van der Waals surface area contributed by atoms with Crippen LogP contribution in [0.1, 0.15) is 34.1 Å². The average molecular weight is 128 g/mol. The van der Waals surface area contributed by atoms with E-state index in [2.05, 4.69) is 17.2 Å². The van der Waals surface area contributed by atoms with E-state index in [-0.39, 0.29) is 5.54 Å². The molecule has 0 spiro atoms. The minimum atomic E-state index is 0.00910. The van der Waals surface area contributed by atoms with Gasteiger partial charge in [0, 0.05) is 0 Å². The van der Waals surface area contributed by atoms with Crippen molar-refractivity contribution in [3.05, 3.63) is 0 Å². The number of azo groups is 1. The Bertz CT molecular complexity index is 89.6. The molecule has 2 nitrogen and oxygen atoms in total. The van der Waals surface area contributed by atoms with Crippen molar-refractivity contribution in [3.8, 4) is 0 Å². The Morgan fingerprint density at radius 1 is 1.22 bits per heavy atom. The summed E-state index contributed by atoms with van der Waals surface area (Å²) in [6, 6.07) is 0. The van der Waals surface area contributed by atoms with Gasteiger partial charge in [-0.25, -0.2) is 0 Å². The van der Waals surface area contributed by atoms with Gasteiger partial charge in [-0.3, -0.25) is 0 Å². The second-order valence-electron chi connectivity index (χ2n) is 3.14. The van der Waals surface area contributed by atoms with Crippen LogP contribution in [0.2, 0.25) is 0 Å². The van der Waals surface area contributed by atoms with Crippen molar-refractivity contribution in [2.75, 3.05) is 6.54 Å². The molecule has 0 rings (SSSR count). The summed E-state index contributed by atoms with van der Waals surface area (Å²) in [7, 11) is 0. The zero-order chi connectivity index (χ0) is 7.33. The summed E-state index contributed by atoms with van der Waals surface area (Å²) in [5, 5.41) is 8.06. The van der Waals surface area contributed by atoms with Crippen LogP contribution >= 0.6 is 0 Å². The van der Waals surface area contributed by atoms with Crippen LogP contribution in [0, 0.1) is 0 Å². The van der Waals surface area contributed by atoms with E-state index in [0.29, 0.717) is 0 Å². The third-order valence-corrected chi connectivity index (χ3v) is 0.694. The first-order chi connectivity index (χ1) is 4.06. The third kappa shape index (κ3) is 7.60. The molecule has 2 heteroatoms. The lowest BCUT2D eigenvalue weighted by molar-refractivity contribution is 0.537. The van der Waals surface area contributed by atoms with E-state index in [1.165, 1.54) is 0 Å². The van der Waals surface area contributed by atoms with Gasteiger partial charge in [-0.15, -0.1) is 0 Å². The van der Waals surface area contributed by atoms with Gasteiger partial charge in [-0.05, 0) is 27.2 Å². The van der Waals surface area contributed by atoms with Gasteiger partial charge in [0.15, 0.2) is 0 Å². The van der Waals surface area contributed by atoms with Gasteiger partial charge in [0.1, 0.15) is 0 Å². The van der Waals surface area contributed by atoms with Crippen LogP contribution in [0.3, 0.4) is 0 Å². The van der Waals surface area contributed by atoms with Crippen LogP contribution < -0.4 is 0 Å². The lowest BCUT2D eigenvalue weighted by atomic mass is 10.1. The van der Waals surface area contributed by atoms with Crippen molar-refractivity contribution >= 4 is 0 Å². The predicted molar refractivity (Wildman–Crippen MR) is 39.8 cm³/mol. The average Bonchev–Trinajstić information content (AvgIpc) is 1.63. The molecule has 0 aliphatic carbocycles. The highest BCUT2D eigenvalue weighted by molar-refractivity contribution is 4.66. The molecule has 0 atom stereocenters. The first-order valence-corrected chi connectivity index (χ1v) is 3.45. The second-order valence-corrected chi connectivity index (χ2v) is 3.14. The lowest BCUT2D eigenvalue weighted by Crippen LogP contribution is -2.07. The molecule has 0 radical (unpaired) electrons. The van der Waals surface area contributed by atoms with Crippen LogP contribution in [0.4, 0.5) is 0 Å². The molecule has 9 heavy (non-hydrogen) atoms. The van der Waals surface area contributed by atoms with E-state index in [9.17, 15) is 0 Å². The van der Waals surface area contributed by atoms with E-state index in [1.54, 1.807) is 0 Å². The van der Waals surface area contributed by atoms with Crippen molar-refractivity contribution in [2.45, 2.75) is 39.7 Å². The first kappa shape index (κ1) is 8.60. The predicted octanol–water partition coefficient (Wildman–Crippen LogP) is 2.65. The quantitative estimate of drug-likeness (QED) is 0.511. The Labute approximate surface area is 57.4 Å². The molecular weight excluding hydrogens is 112 g/mol. The van der Waals surface area contributed by atoms with E-state index < -0.39 is 0 Å². The molecule has 0 saturated carbocycles. The molecule has 0 aliphatic rings. The van der Waals surface area contributed by atoms with Crippen LogP contribution in [0.5, 0.6) is 0 Å².